The van der Waals surface area contributed by atoms with Gasteiger partial charge in [-0.05, 0) is 36.2 Å². The molecule has 0 aliphatic rings. The molecular formula is C15H13N3OS. The van der Waals surface area contributed by atoms with Gasteiger partial charge >= 0.3 is 0 Å². The van der Waals surface area contributed by atoms with Crippen LogP contribution < -0.4 is 0 Å². The van der Waals surface area contributed by atoms with Crippen LogP contribution in [-0.4, -0.2) is 20.9 Å². The molecule has 0 fully saturated rings. The summed E-state index contributed by atoms with van der Waals surface area (Å²) in [7, 11) is 0. The Balaban J connectivity index is 1.58. The molecule has 100 valence electrons. The maximum atomic E-state index is 5.64. The van der Waals surface area contributed by atoms with Crippen LogP contribution in [-0.2, 0) is 6.42 Å². The highest BCUT2D eigenvalue weighted by Crippen LogP contribution is 2.23. The summed E-state index contributed by atoms with van der Waals surface area (Å²) in [6.45, 7) is 0. The molecule has 0 aliphatic carbocycles. The third-order valence-corrected chi connectivity index (χ3v) is 3.61. The third kappa shape index (κ3) is 3.24. The highest BCUT2D eigenvalue weighted by Gasteiger charge is 2.08. The average Bonchev–Trinajstić information content (AvgIpc) is 2.98. The third-order valence-electron chi connectivity index (χ3n) is 2.79. The SMILES string of the molecule is c1ccc(-c2nnc(SCCc3ccncc3)o2)cc1. The van der Waals surface area contributed by atoms with Gasteiger partial charge in [-0.15, -0.1) is 10.2 Å². The van der Waals surface area contributed by atoms with Crippen molar-refractivity contribution in [2.24, 2.45) is 0 Å². The molecule has 0 amide bonds. The van der Waals surface area contributed by atoms with Gasteiger partial charge in [0.2, 0.25) is 5.89 Å². The zero-order valence-electron chi connectivity index (χ0n) is 10.8. The summed E-state index contributed by atoms with van der Waals surface area (Å²) in [5.74, 6) is 1.47. The fourth-order valence-corrected chi connectivity index (χ4v) is 2.52. The molecule has 4 nitrogen and oxygen atoms in total. The van der Waals surface area contributed by atoms with E-state index in [0.717, 1.165) is 17.7 Å². The summed E-state index contributed by atoms with van der Waals surface area (Å²) in [5, 5.41) is 8.73. The zero-order chi connectivity index (χ0) is 13.6. The highest BCUT2D eigenvalue weighted by atomic mass is 32.2. The van der Waals surface area contributed by atoms with E-state index in [4.69, 9.17) is 4.42 Å². The molecule has 3 rings (SSSR count). The maximum Gasteiger partial charge on any atom is 0.276 e. The molecule has 0 N–H and O–H groups in total. The van der Waals surface area contributed by atoms with Crippen LogP contribution in [0.4, 0.5) is 0 Å². The van der Waals surface area contributed by atoms with Crippen molar-refractivity contribution < 1.29 is 4.42 Å². The normalized spacial score (nSPS) is 10.6. The van der Waals surface area contributed by atoms with Crippen LogP contribution in [0.1, 0.15) is 5.56 Å². The second kappa shape index (κ2) is 6.34. The molecule has 0 saturated heterocycles. The second-order valence-corrected chi connectivity index (χ2v) is 5.24. The summed E-state index contributed by atoms with van der Waals surface area (Å²) in [6, 6.07) is 13.8. The van der Waals surface area contributed by atoms with E-state index in [1.165, 1.54) is 5.56 Å². The number of pyridine rings is 1. The molecule has 2 heterocycles. The van der Waals surface area contributed by atoms with Crippen LogP contribution in [0.3, 0.4) is 0 Å². The first kappa shape index (κ1) is 12.9. The van der Waals surface area contributed by atoms with Gasteiger partial charge in [-0.3, -0.25) is 4.98 Å². The van der Waals surface area contributed by atoms with Crippen molar-refractivity contribution in [3.8, 4) is 11.5 Å². The lowest BCUT2D eigenvalue weighted by Gasteiger charge is -1.97. The molecule has 0 radical (unpaired) electrons. The zero-order valence-corrected chi connectivity index (χ0v) is 11.6. The highest BCUT2D eigenvalue weighted by molar-refractivity contribution is 7.99. The lowest BCUT2D eigenvalue weighted by molar-refractivity contribution is 0.466. The molecule has 5 heteroatoms. The van der Waals surface area contributed by atoms with Crippen molar-refractivity contribution in [1.29, 1.82) is 0 Å². The van der Waals surface area contributed by atoms with Gasteiger partial charge < -0.3 is 4.42 Å². The number of benzene rings is 1. The molecule has 2 aromatic heterocycles. The molecular weight excluding hydrogens is 270 g/mol. The second-order valence-electron chi connectivity index (χ2n) is 4.19. The lowest BCUT2D eigenvalue weighted by Crippen LogP contribution is -1.88. The fourth-order valence-electron chi connectivity index (χ4n) is 1.77. The van der Waals surface area contributed by atoms with Crippen molar-refractivity contribution in [3.63, 3.8) is 0 Å². The smallest absolute Gasteiger partial charge is 0.276 e. The molecule has 0 aliphatic heterocycles. The van der Waals surface area contributed by atoms with Crippen LogP contribution in [0.2, 0.25) is 0 Å². The van der Waals surface area contributed by atoms with Crippen LogP contribution >= 0.6 is 11.8 Å². The Kier molecular flexibility index (Phi) is 4.08. The molecule has 0 bridgehead atoms. The fraction of sp³-hybridized carbons (Fsp3) is 0.133. The lowest BCUT2D eigenvalue weighted by atomic mass is 10.2. The number of aryl methyl sites for hydroxylation is 1. The minimum absolute atomic E-state index is 0.567. The number of thioether (sulfide) groups is 1. The van der Waals surface area contributed by atoms with E-state index < -0.39 is 0 Å². The summed E-state index contributed by atoms with van der Waals surface area (Å²) in [6.07, 6.45) is 4.57. The van der Waals surface area contributed by atoms with E-state index in [1.54, 1.807) is 24.2 Å². The first-order valence-electron chi connectivity index (χ1n) is 6.32. The standard InChI is InChI=1S/C15H13N3OS/c1-2-4-13(5-3-1)14-17-18-15(19-14)20-11-8-12-6-9-16-10-7-12/h1-7,9-10H,8,11H2. The first-order valence-corrected chi connectivity index (χ1v) is 7.31. The molecule has 20 heavy (non-hydrogen) atoms. The van der Waals surface area contributed by atoms with Gasteiger partial charge in [0.25, 0.3) is 5.22 Å². The van der Waals surface area contributed by atoms with Gasteiger partial charge in [-0.2, -0.15) is 0 Å². The molecule has 1 aromatic carbocycles. The predicted octanol–water partition coefficient (Wildman–Crippen LogP) is 3.47. The maximum absolute atomic E-state index is 5.64. The molecule has 0 saturated carbocycles. The Labute approximate surface area is 121 Å². The van der Waals surface area contributed by atoms with Crippen molar-refractivity contribution in [2.75, 3.05) is 5.75 Å². The van der Waals surface area contributed by atoms with E-state index in [-0.39, 0.29) is 0 Å². The van der Waals surface area contributed by atoms with Gasteiger partial charge in [0, 0.05) is 23.7 Å². The minimum Gasteiger partial charge on any atom is -0.411 e. The number of nitrogens with zero attached hydrogens (tertiary/aromatic N) is 3. The molecule has 0 atom stereocenters. The van der Waals surface area contributed by atoms with Crippen LogP contribution in [0, 0.1) is 0 Å². The summed E-state index contributed by atoms with van der Waals surface area (Å²) < 4.78 is 5.64. The van der Waals surface area contributed by atoms with Crippen LogP contribution in [0.5, 0.6) is 0 Å². The van der Waals surface area contributed by atoms with Gasteiger partial charge in [-0.1, -0.05) is 30.0 Å². The number of hydrogen-bond acceptors (Lipinski definition) is 5. The monoisotopic (exact) mass is 283 g/mol. The topological polar surface area (TPSA) is 51.8 Å². The Morgan fingerprint density at radius 1 is 0.950 bits per heavy atom. The van der Waals surface area contributed by atoms with Crippen molar-refractivity contribution in [2.45, 2.75) is 11.6 Å². The summed E-state index contributed by atoms with van der Waals surface area (Å²) >= 11 is 1.57. The largest absolute Gasteiger partial charge is 0.411 e. The van der Waals surface area contributed by atoms with Gasteiger partial charge in [0.1, 0.15) is 0 Å². The van der Waals surface area contributed by atoms with E-state index in [2.05, 4.69) is 15.2 Å². The Bertz CT molecular complexity index is 655. The number of aromatic nitrogens is 3. The predicted molar refractivity (Wildman–Crippen MR) is 78.4 cm³/mol. The van der Waals surface area contributed by atoms with E-state index >= 15 is 0 Å². The van der Waals surface area contributed by atoms with Crippen molar-refractivity contribution >= 4 is 11.8 Å². The molecule has 3 aromatic rings. The summed E-state index contributed by atoms with van der Waals surface area (Å²) in [4.78, 5) is 4.00. The molecule has 0 unspecified atom stereocenters. The minimum atomic E-state index is 0.567. The van der Waals surface area contributed by atoms with Crippen LogP contribution in [0.15, 0.2) is 64.5 Å². The Hall–Kier alpha value is -2.14. The summed E-state index contributed by atoms with van der Waals surface area (Å²) in [5.41, 5.74) is 2.20. The van der Waals surface area contributed by atoms with Crippen molar-refractivity contribution in [3.05, 3.63) is 60.4 Å². The Morgan fingerprint density at radius 2 is 1.75 bits per heavy atom. The average molecular weight is 283 g/mol. The molecule has 0 spiro atoms. The Morgan fingerprint density at radius 3 is 2.55 bits per heavy atom. The number of hydrogen-bond donors (Lipinski definition) is 0. The number of rotatable bonds is 5. The van der Waals surface area contributed by atoms with Gasteiger partial charge in [-0.25, -0.2) is 0 Å². The van der Waals surface area contributed by atoms with Crippen molar-refractivity contribution in [1.82, 2.24) is 15.2 Å². The quantitative estimate of drug-likeness (QED) is 0.671. The first-order chi connectivity index (χ1) is 9.92. The van der Waals surface area contributed by atoms with E-state index in [1.807, 2.05) is 42.5 Å². The van der Waals surface area contributed by atoms with E-state index in [0.29, 0.717) is 11.1 Å². The van der Waals surface area contributed by atoms with Crippen LogP contribution in [0.25, 0.3) is 11.5 Å². The van der Waals surface area contributed by atoms with E-state index in [9.17, 15) is 0 Å². The van der Waals surface area contributed by atoms with Gasteiger partial charge in [0.15, 0.2) is 0 Å². The van der Waals surface area contributed by atoms with Gasteiger partial charge in [0.05, 0.1) is 0 Å².